The zero-order valence-electron chi connectivity index (χ0n) is 55.7. The maximum Gasteiger partial charge on any atom is 0.0110 e. The zero-order chi connectivity index (χ0) is 57.3. The van der Waals surface area contributed by atoms with Gasteiger partial charge in [0, 0.05) is 65.4 Å². The van der Waals surface area contributed by atoms with Crippen molar-refractivity contribution >= 4 is 0 Å². The molecule has 0 radical (unpaired) electrons. The minimum Gasteiger partial charge on any atom is -0.315 e. The molecule has 5 heteroatoms. The van der Waals surface area contributed by atoms with Gasteiger partial charge in [0.1, 0.15) is 0 Å². The van der Waals surface area contributed by atoms with Crippen LogP contribution in [0.4, 0.5) is 0 Å². The van der Waals surface area contributed by atoms with E-state index in [0.29, 0.717) is 0 Å². The third kappa shape index (κ3) is 73.0. The smallest absolute Gasteiger partial charge is 0.0110 e. The quantitative estimate of drug-likeness (QED) is 0.0469. The molecule has 2 N–H and O–H groups in total. The van der Waals surface area contributed by atoms with Crippen LogP contribution in [0.15, 0.2) is 36.5 Å². The Bertz CT molecular complexity index is 1030. The highest BCUT2D eigenvalue weighted by Gasteiger charge is 2.17. The lowest BCUT2D eigenvalue weighted by Crippen LogP contribution is -2.50. The van der Waals surface area contributed by atoms with Crippen molar-refractivity contribution in [2.45, 2.75) is 346 Å². The molecule has 1 aliphatic heterocycles. The molecule has 77 heavy (non-hydrogen) atoms. The number of piperazine rings is 1. The Morgan fingerprint density at radius 2 is 0.519 bits per heavy atom. The summed E-state index contributed by atoms with van der Waals surface area (Å²) in [5.41, 5.74) is 0. The van der Waals surface area contributed by atoms with Gasteiger partial charge in [-0.2, -0.15) is 0 Å². The number of hydrogen-bond acceptors (Lipinski definition) is 5. The molecule has 0 spiro atoms. The van der Waals surface area contributed by atoms with Crippen LogP contribution in [0.3, 0.4) is 0 Å². The highest BCUT2D eigenvalue weighted by Crippen LogP contribution is 2.14. The second kappa shape index (κ2) is 81.5. The summed E-state index contributed by atoms with van der Waals surface area (Å²) in [4.78, 5) is 8.26. The average Bonchev–Trinajstić information content (AvgIpc) is 3.47. The van der Waals surface area contributed by atoms with Crippen LogP contribution in [0.2, 0.25) is 0 Å². The van der Waals surface area contributed by atoms with Gasteiger partial charge in [-0.25, -0.2) is 0 Å². The van der Waals surface area contributed by atoms with E-state index in [1.807, 2.05) is 55.4 Å². The molecule has 1 heterocycles. The van der Waals surface area contributed by atoms with E-state index < -0.39 is 0 Å². The predicted molar refractivity (Wildman–Crippen MR) is 359 cm³/mol. The molecule has 0 aromatic rings. The third-order valence-electron chi connectivity index (χ3n) is 15.1. The Kier molecular flexibility index (Phi) is 87.3. The van der Waals surface area contributed by atoms with Crippen LogP contribution >= 0.6 is 0 Å². The molecule has 0 saturated carbocycles. The number of allylic oxidation sites excluding steroid dienone is 6. The number of nitrogens with zero attached hydrogens (tertiary/aromatic N) is 3. The predicted octanol–water partition coefficient (Wildman–Crippen LogP) is 22.3. The van der Waals surface area contributed by atoms with Crippen molar-refractivity contribution < 1.29 is 0 Å². The highest BCUT2D eigenvalue weighted by atomic mass is 15.3. The topological polar surface area (TPSA) is 33.8 Å². The minimum absolute atomic E-state index is 1.15. The second-order valence-electron chi connectivity index (χ2n) is 21.8. The number of rotatable bonds is 57. The van der Waals surface area contributed by atoms with Crippen molar-refractivity contribution in [1.82, 2.24) is 25.3 Å². The monoisotopic (exact) mass is 1090 g/mol. The van der Waals surface area contributed by atoms with Gasteiger partial charge in [0.05, 0.1) is 0 Å². The fourth-order valence-corrected chi connectivity index (χ4v) is 10.2. The first kappa shape index (κ1) is 82.5. The van der Waals surface area contributed by atoms with E-state index in [1.165, 1.54) is 342 Å². The van der Waals surface area contributed by atoms with Crippen molar-refractivity contribution in [3.63, 3.8) is 0 Å². The van der Waals surface area contributed by atoms with Crippen LogP contribution in [-0.2, 0) is 0 Å². The van der Waals surface area contributed by atoms with Gasteiger partial charge in [-0.15, -0.1) is 0 Å². The molecule has 0 unspecified atom stereocenters. The molecule has 0 aliphatic carbocycles. The standard InChI is InChI=1S/C64H127N5.4C2H6/c1-4-7-10-13-16-19-22-25-28-31-34-37-40-43-46-49-52-65-54-57-67(56-51-48-45-42-39-36-33-30-27-24-21-18-15-12-9-6-3)59-62-69-63-60-68(61-64-69)58-55-66-53-50-47-44-41-38-35-32-29-26-23-20-17-14-11-8-5-2;4*1-2/h25-30,65-66H,4-24,31-64H2,1-3H3;4*1-2H3/b28-25-,29-26-,30-27-;;;;. The molecule has 464 valence electrons. The summed E-state index contributed by atoms with van der Waals surface area (Å²) >= 11 is 0. The number of nitrogens with one attached hydrogen (secondary N) is 2. The normalized spacial score (nSPS) is 12.9. The van der Waals surface area contributed by atoms with Crippen molar-refractivity contribution in [3.8, 4) is 0 Å². The van der Waals surface area contributed by atoms with Gasteiger partial charge in [-0.1, -0.05) is 286 Å². The van der Waals surface area contributed by atoms with Crippen molar-refractivity contribution in [3.05, 3.63) is 36.5 Å². The zero-order valence-corrected chi connectivity index (χ0v) is 55.7. The minimum atomic E-state index is 1.15. The van der Waals surface area contributed by atoms with Gasteiger partial charge in [0.15, 0.2) is 0 Å². The summed E-state index contributed by atoms with van der Waals surface area (Å²) in [5.74, 6) is 0. The molecular formula is C72H151N5. The van der Waals surface area contributed by atoms with Crippen LogP contribution in [0, 0.1) is 0 Å². The van der Waals surface area contributed by atoms with Crippen LogP contribution in [0.25, 0.3) is 0 Å². The van der Waals surface area contributed by atoms with E-state index in [0.717, 1.165) is 13.1 Å². The van der Waals surface area contributed by atoms with Gasteiger partial charge in [0.2, 0.25) is 0 Å². The Morgan fingerprint density at radius 1 is 0.260 bits per heavy atom. The first-order valence-electron chi connectivity index (χ1n) is 35.8. The largest absolute Gasteiger partial charge is 0.315 e. The fourth-order valence-electron chi connectivity index (χ4n) is 10.2. The van der Waals surface area contributed by atoms with Gasteiger partial charge < -0.3 is 15.5 Å². The first-order chi connectivity index (χ1) is 38.3. The molecule has 1 aliphatic rings. The Morgan fingerprint density at radius 3 is 0.844 bits per heavy atom. The molecule has 0 aromatic carbocycles. The molecule has 1 fully saturated rings. The van der Waals surface area contributed by atoms with E-state index in [9.17, 15) is 0 Å². The first-order valence-corrected chi connectivity index (χ1v) is 35.8. The van der Waals surface area contributed by atoms with Crippen LogP contribution in [-0.4, -0.2) is 99.8 Å². The Balaban J connectivity index is -0.00000317. The maximum atomic E-state index is 3.84. The molecule has 5 nitrogen and oxygen atoms in total. The maximum absolute atomic E-state index is 3.84. The molecule has 1 rings (SSSR count). The van der Waals surface area contributed by atoms with Crippen LogP contribution < -0.4 is 10.6 Å². The number of unbranched alkanes of at least 4 members (excludes halogenated alkanes) is 36. The molecule has 0 bridgehead atoms. The molecule has 0 aromatic heterocycles. The lowest BCUT2D eigenvalue weighted by Gasteiger charge is -2.36. The van der Waals surface area contributed by atoms with Crippen LogP contribution in [0.1, 0.15) is 346 Å². The molecule has 0 amide bonds. The number of hydrogen-bond donors (Lipinski definition) is 2. The van der Waals surface area contributed by atoms with E-state index >= 15 is 0 Å². The Hall–Kier alpha value is -0.980. The second-order valence-corrected chi connectivity index (χ2v) is 21.8. The van der Waals surface area contributed by atoms with Gasteiger partial charge >= 0.3 is 0 Å². The van der Waals surface area contributed by atoms with E-state index in [-0.39, 0.29) is 0 Å². The van der Waals surface area contributed by atoms with Gasteiger partial charge in [-0.05, 0) is 116 Å². The molecular weight excluding hydrogens is 935 g/mol. The molecule has 1 saturated heterocycles. The summed E-state index contributed by atoms with van der Waals surface area (Å²) in [5, 5.41) is 7.61. The summed E-state index contributed by atoms with van der Waals surface area (Å²) in [6.45, 7) is 38.7. The fraction of sp³-hybridized carbons (Fsp3) is 0.917. The molecule has 0 atom stereocenters. The van der Waals surface area contributed by atoms with Gasteiger partial charge in [0.25, 0.3) is 0 Å². The van der Waals surface area contributed by atoms with Crippen molar-refractivity contribution in [2.75, 3.05) is 85.1 Å². The van der Waals surface area contributed by atoms with Gasteiger partial charge in [-0.3, -0.25) is 9.80 Å². The van der Waals surface area contributed by atoms with E-state index in [2.05, 4.69) is 82.6 Å². The van der Waals surface area contributed by atoms with E-state index in [4.69, 9.17) is 0 Å². The SMILES string of the molecule is CC.CC.CC.CC.CCCCCCCC/C=C\CCCCCCCCNCCN(CCCCCCCC/C=C\CCCCCCCC)CCN1CCN(CCNCCCCCCCC/C=C\CCCCCCCC)CC1. The lowest BCUT2D eigenvalue weighted by molar-refractivity contribution is 0.118. The van der Waals surface area contributed by atoms with Crippen LogP contribution in [0.5, 0.6) is 0 Å². The van der Waals surface area contributed by atoms with E-state index in [1.54, 1.807) is 0 Å². The van der Waals surface area contributed by atoms with Crippen molar-refractivity contribution in [2.24, 2.45) is 0 Å². The average molecular weight is 1090 g/mol. The Labute approximate surface area is 490 Å². The summed E-state index contributed by atoms with van der Waals surface area (Å²) in [6, 6.07) is 0. The third-order valence-corrected chi connectivity index (χ3v) is 15.1. The highest BCUT2D eigenvalue weighted by molar-refractivity contribution is 4.83. The summed E-state index contributed by atoms with van der Waals surface area (Å²) in [6.07, 6.45) is 72.9. The lowest BCUT2D eigenvalue weighted by atomic mass is 10.1. The van der Waals surface area contributed by atoms with Crippen molar-refractivity contribution in [1.29, 1.82) is 0 Å². The summed E-state index contributed by atoms with van der Waals surface area (Å²) < 4.78 is 0. The summed E-state index contributed by atoms with van der Waals surface area (Å²) in [7, 11) is 0.